The zero-order valence-corrected chi connectivity index (χ0v) is 16.0. The topological polar surface area (TPSA) is 51.9 Å². The molecule has 5 nitrogen and oxygen atoms in total. The summed E-state index contributed by atoms with van der Waals surface area (Å²) >= 11 is 0. The Labute approximate surface area is 154 Å². The van der Waals surface area contributed by atoms with E-state index in [4.69, 9.17) is 13.9 Å². The zero-order chi connectivity index (χ0) is 18.5. The molecule has 1 aromatic carbocycles. The van der Waals surface area contributed by atoms with E-state index in [9.17, 15) is 4.79 Å². The van der Waals surface area contributed by atoms with Gasteiger partial charge in [-0.1, -0.05) is 12.1 Å². The molecule has 1 aliphatic carbocycles. The zero-order valence-electron chi connectivity index (χ0n) is 16.0. The van der Waals surface area contributed by atoms with Gasteiger partial charge in [-0.05, 0) is 51.2 Å². The van der Waals surface area contributed by atoms with Crippen LogP contribution in [0.2, 0.25) is 0 Å². The molecule has 4 rings (SSSR count). The van der Waals surface area contributed by atoms with E-state index in [-0.39, 0.29) is 23.7 Å². The third-order valence-corrected chi connectivity index (χ3v) is 6.42. The molecule has 140 valence electrons. The molecule has 0 radical (unpaired) electrons. The van der Waals surface area contributed by atoms with Gasteiger partial charge in [0.25, 0.3) is 5.91 Å². The maximum atomic E-state index is 13.4. The van der Waals surface area contributed by atoms with Crippen molar-refractivity contribution in [1.82, 2.24) is 4.90 Å². The highest BCUT2D eigenvalue weighted by Crippen LogP contribution is 2.44. The van der Waals surface area contributed by atoms with Crippen molar-refractivity contribution in [2.45, 2.75) is 57.3 Å². The minimum Gasteiger partial charge on any atom is -0.451 e. The summed E-state index contributed by atoms with van der Waals surface area (Å²) in [7, 11) is 3.51. The van der Waals surface area contributed by atoms with Crippen molar-refractivity contribution >= 4 is 16.9 Å². The maximum Gasteiger partial charge on any atom is 0.290 e. The van der Waals surface area contributed by atoms with E-state index in [2.05, 4.69) is 6.07 Å². The average Bonchev–Trinajstić information content (AvgIpc) is 3.19. The van der Waals surface area contributed by atoms with Crippen molar-refractivity contribution < 1.29 is 18.7 Å². The minimum absolute atomic E-state index is 0.0305. The van der Waals surface area contributed by atoms with Crippen LogP contribution >= 0.6 is 0 Å². The molecule has 2 heterocycles. The number of likely N-dealkylation sites (tertiary alicyclic amines) is 1. The Morgan fingerprint density at radius 1 is 1.27 bits per heavy atom. The number of amides is 1. The average molecular weight is 357 g/mol. The van der Waals surface area contributed by atoms with Gasteiger partial charge in [-0.3, -0.25) is 4.79 Å². The van der Waals surface area contributed by atoms with Crippen molar-refractivity contribution in [3.8, 4) is 0 Å². The second-order valence-electron chi connectivity index (χ2n) is 7.72. The second kappa shape index (κ2) is 6.39. The molecule has 0 N–H and O–H groups in total. The summed E-state index contributed by atoms with van der Waals surface area (Å²) in [6.07, 6.45) is 3.76. The van der Waals surface area contributed by atoms with Crippen molar-refractivity contribution in [2.75, 3.05) is 20.8 Å². The van der Waals surface area contributed by atoms with Crippen molar-refractivity contribution in [2.24, 2.45) is 0 Å². The van der Waals surface area contributed by atoms with Crippen LogP contribution in [0.5, 0.6) is 0 Å². The van der Waals surface area contributed by atoms with Crippen molar-refractivity contribution in [3.05, 3.63) is 35.1 Å². The molecule has 0 spiro atoms. The Bertz CT molecular complexity index is 842. The first kappa shape index (κ1) is 17.6. The van der Waals surface area contributed by atoms with E-state index >= 15 is 0 Å². The summed E-state index contributed by atoms with van der Waals surface area (Å²) in [6, 6.07) is 6.11. The van der Waals surface area contributed by atoms with Gasteiger partial charge in [0, 0.05) is 31.7 Å². The van der Waals surface area contributed by atoms with Gasteiger partial charge in [-0.15, -0.1) is 0 Å². The fourth-order valence-corrected chi connectivity index (χ4v) is 4.79. The van der Waals surface area contributed by atoms with Gasteiger partial charge in [0.2, 0.25) is 0 Å². The van der Waals surface area contributed by atoms with E-state index < -0.39 is 0 Å². The molecule has 2 aromatic rings. The monoisotopic (exact) mass is 357 g/mol. The molecule has 2 aliphatic rings. The molecular weight excluding hydrogens is 330 g/mol. The molecule has 5 heteroatoms. The summed E-state index contributed by atoms with van der Waals surface area (Å²) in [6.45, 7) is 4.69. The first-order valence-electron chi connectivity index (χ1n) is 9.38. The number of aryl methyl sites for hydroxylation is 2. The van der Waals surface area contributed by atoms with E-state index in [0.29, 0.717) is 12.3 Å². The lowest BCUT2D eigenvalue weighted by Crippen LogP contribution is -2.53. The van der Waals surface area contributed by atoms with Gasteiger partial charge in [-0.2, -0.15) is 0 Å². The fraction of sp³-hybridized carbons (Fsp3) is 0.571. The van der Waals surface area contributed by atoms with Crippen molar-refractivity contribution in [1.29, 1.82) is 0 Å². The molecule has 2 fully saturated rings. The fourth-order valence-electron chi connectivity index (χ4n) is 4.79. The number of carbonyl (C=O) groups excluding carboxylic acids is 1. The highest BCUT2D eigenvalue weighted by molar-refractivity contribution is 5.99. The lowest BCUT2D eigenvalue weighted by Gasteiger charge is -2.43. The van der Waals surface area contributed by atoms with Gasteiger partial charge < -0.3 is 18.8 Å². The highest BCUT2D eigenvalue weighted by atomic mass is 16.5. The maximum absolute atomic E-state index is 13.4. The number of methoxy groups -OCH3 is 2. The molecule has 26 heavy (non-hydrogen) atoms. The number of nitrogens with zero attached hydrogens (tertiary/aromatic N) is 1. The number of benzene rings is 1. The van der Waals surface area contributed by atoms with Crippen LogP contribution in [0.15, 0.2) is 22.6 Å². The highest BCUT2D eigenvalue weighted by Gasteiger charge is 2.53. The Hall–Kier alpha value is -1.85. The SMILES string of the molecule is CO[C@H]1CC[C@@]2(OC)CCN(C(=O)c3oc4cc(C)ccc4c3C)[C@H]2C1. The van der Waals surface area contributed by atoms with Crippen molar-refractivity contribution in [3.63, 3.8) is 0 Å². The van der Waals surface area contributed by atoms with E-state index in [1.54, 1.807) is 14.2 Å². The lowest BCUT2D eigenvalue weighted by atomic mass is 9.79. The number of hydrogen-bond donors (Lipinski definition) is 0. The summed E-state index contributed by atoms with van der Waals surface area (Å²) in [4.78, 5) is 15.3. The van der Waals surface area contributed by atoms with Gasteiger partial charge in [-0.25, -0.2) is 0 Å². The van der Waals surface area contributed by atoms with Crippen LogP contribution in [0.4, 0.5) is 0 Å². The van der Waals surface area contributed by atoms with Gasteiger partial charge in [0.15, 0.2) is 5.76 Å². The molecule has 0 bridgehead atoms. The molecular formula is C21H27NO4. The van der Waals surface area contributed by atoms with Crippen LogP contribution in [-0.4, -0.2) is 49.3 Å². The number of ether oxygens (including phenoxy) is 2. The van der Waals surface area contributed by atoms with E-state index in [1.165, 1.54) is 0 Å². The quantitative estimate of drug-likeness (QED) is 0.837. The molecule has 1 amide bonds. The number of hydrogen-bond acceptors (Lipinski definition) is 4. The second-order valence-corrected chi connectivity index (χ2v) is 7.72. The number of carbonyl (C=O) groups is 1. The van der Waals surface area contributed by atoms with E-state index in [1.807, 2.05) is 30.9 Å². The molecule has 3 atom stereocenters. The largest absolute Gasteiger partial charge is 0.451 e. The summed E-state index contributed by atoms with van der Waals surface area (Å²) in [5.41, 5.74) is 2.57. The number of rotatable bonds is 3. The van der Waals surface area contributed by atoms with Crippen LogP contribution < -0.4 is 0 Å². The predicted molar refractivity (Wildman–Crippen MR) is 99.5 cm³/mol. The first-order valence-corrected chi connectivity index (χ1v) is 9.38. The Balaban J connectivity index is 1.69. The lowest BCUT2D eigenvalue weighted by molar-refractivity contribution is -0.0895. The van der Waals surface area contributed by atoms with Gasteiger partial charge in [0.05, 0.1) is 17.7 Å². The smallest absolute Gasteiger partial charge is 0.290 e. The number of furan rings is 1. The Morgan fingerprint density at radius 2 is 2.08 bits per heavy atom. The first-order chi connectivity index (χ1) is 12.5. The third-order valence-electron chi connectivity index (χ3n) is 6.42. The van der Waals surface area contributed by atoms with Gasteiger partial charge >= 0.3 is 0 Å². The minimum atomic E-state index is -0.249. The van der Waals surface area contributed by atoms with Crippen LogP contribution in [0, 0.1) is 13.8 Å². The van der Waals surface area contributed by atoms with Crippen LogP contribution in [0.3, 0.4) is 0 Å². The third kappa shape index (κ3) is 2.57. The van der Waals surface area contributed by atoms with E-state index in [0.717, 1.165) is 47.8 Å². The van der Waals surface area contributed by atoms with Crippen LogP contribution in [-0.2, 0) is 9.47 Å². The molecule has 1 aliphatic heterocycles. The Morgan fingerprint density at radius 3 is 2.81 bits per heavy atom. The molecule has 1 saturated carbocycles. The summed E-state index contributed by atoms with van der Waals surface area (Å²) in [5.74, 6) is 0.425. The summed E-state index contributed by atoms with van der Waals surface area (Å²) < 4.78 is 17.5. The predicted octanol–water partition coefficient (Wildman–Crippen LogP) is 3.85. The van der Waals surface area contributed by atoms with Crippen LogP contribution in [0.25, 0.3) is 11.0 Å². The normalized spacial score (nSPS) is 28.5. The number of fused-ring (bicyclic) bond motifs is 2. The van der Waals surface area contributed by atoms with Gasteiger partial charge in [0.1, 0.15) is 5.58 Å². The molecule has 1 saturated heterocycles. The molecule has 1 aromatic heterocycles. The standard InChI is InChI=1S/C21H27NO4/c1-13-5-6-16-14(2)19(26-17(16)11-13)20(23)22-10-9-21(25-4)8-7-15(24-3)12-18(21)22/h5-6,11,15,18H,7-10,12H2,1-4H3/t15-,18-,21+/m0/s1. The van der Waals surface area contributed by atoms with Crippen LogP contribution in [0.1, 0.15) is 47.4 Å². The summed E-state index contributed by atoms with van der Waals surface area (Å²) in [5, 5.41) is 1.01. The Kier molecular flexibility index (Phi) is 4.32. The molecule has 0 unspecified atom stereocenters.